The molecular formula is C8H3ClF3N2. The molecule has 2 nitrogen and oxygen atoms in total. The summed E-state index contributed by atoms with van der Waals surface area (Å²) < 4.78 is 37.1. The molecule has 0 spiro atoms. The van der Waals surface area contributed by atoms with Crippen LogP contribution in [0.2, 0.25) is 5.02 Å². The van der Waals surface area contributed by atoms with Gasteiger partial charge in [-0.3, -0.25) is 0 Å². The fraction of sp³-hybridized carbons (Fsp3) is 0.125. The van der Waals surface area contributed by atoms with E-state index in [1.54, 1.807) is 0 Å². The predicted molar refractivity (Wildman–Crippen MR) is 44.9 cm³/mol. The number of fused-ring (bicyclic) bond motifs is 1. The number of nitrogens with zero attached hydrogens (tertiary/aromatic N) is 1. The van der Waals surface area contributed by atoms with Crippen molar-refractivity contribution >= 4 is 22.6 Å². The van der Waals surface area contributed by atoms with E-state index in [1.165, 1.54) is 0 Å². The Balaban J connectivity index is 2.71. The van der Waals surface area contributed by atoms with E-state index in [2.05, 4.69) is 16.3 Å². The van der Waals surface area contributed by atoms with Gasteiger partial charge in [-0.2, -0.15) is 13.2 Å². The van der Waals surface area contributed by atoms with Crippen molar-refractivity contribution in [2.75, 3.05) is 0 Å². The van der Waals surface area contributed by atoms with Crippen molar-refractivity contribution in [3.8, 4) is 0 Å². The summed E-state index contributed by atoms with van der Waals surface area (Å²) in [6.07, 6.45) is -2.11. The highest BCUT2D eigenvalue weighted by Crippen LogP contribution is 2.36. The summed E-state index contributed by atoms with van der Waals surface area (Å²) in [5, 5.41) is -0.356. The summed E-state index contributed by atoms with van der Waals surface area (Å²) in [4.78, 5) is 6.13. The average molecular weight is 220 g/mol. The van der Waals surface area contributed by atoms with Crippen LogP contribution >= 0.6 is 11.6 Å². The van der Waals surface area contributed by atoms with Crippen molar-refractivity contribution in [1.82, 2.24) is 9.97 Å². The molecule has 1 aromatic carbocycles. The summed E-state index contributed by atoms with van der Waals surface area (Å²) in [5.41, 5.74) is -0.242. The fourth-order valence-electron chi connectivity index (χ4n) is 1.12. The number of H-pyrrole nitrogens is 1. The molecule has 1 N–H and O–H groups in total. The molecule has 1 radical (unpaired) electrons. The Morgan fingerprint density at radius 3 is 2.71 bits per heavy atom. The Morgan fingerprint density at radius 2 is 2.07 bits per heavy atom. The molecule has 0 fully saturated rings. The van der Waals surface area contributed by atoms with Gasteiger partial charge in [0, 0.05) is 0 Å². The second-order valence-corrected chi connectivity index (χ2v) is 3.10. The van der Waals surface area contributed by atoms with Gasteiger partial charge < -0.3 is 4.98 Å². The largest absolute Gasteiger partial charge is 0.417 e. The van der Waals surface area contributed by atoms with Crippen LogP contribution in [0.15, 0.2) is 12.1 Å². The molecule has 14 heavy (non-hydrogen) atoms. The number of nitrogens with one attached hydrogen (secondary N) is 1. The Kier molecular flexibility index (Phi) is 1.92. The van der Waals surface area contributed by atoms with Gasteiger partial charge in [-0.1, -0.05) is 11.6 Å². The lowest BCUT2D eigenvalue weighted by Gasteiger charge is -2.07. The molecule has 0 aliphatic rings. The molecule has 2 rings (SSSR count). The molecule has 0 unspecified atom stereocenters. The molecular weight excluding hydrogens is 217 g/mol. The van der Waals surface area contributed by atoms with Gasteiger partial charge in [0.05, 0.1) is 21.6 Å². The van der Waals surface area contributed by atoms with Crippen molar-refractivity contribution in [1.29, 1.82) is 0 Å². The van der Waals surface area contributed by atoms with Gasteiger partial charge in [0.25, 0.3) is 0 Å². The number of aromatic amines is 1. The van der Waals surface area contributed by atoms with Crippen LogP contribution in [0.1, 0.15) is 5.56 Å². The lowest BCUT2D eigenvalue weighted by Crippen LogP contribution is -2.05. The lowest BCUT2D eigenvalue weighted by atomic mass is 10.2. The number of rotatable bonds is 0. The second kappa shape index (κ2) is 2.88. The number of halogens is 4. The van der Waals surface area contributed by atoms with E-state index >= 15 is 0 Å². The highest BCUT2D eigenvalue weighted by molar-refractivity contribution is 6.32. The lowest BCUT2D eigenvalue weighted by molar-refractivity contribution is -0.137. The Labute approximate surface area is 81.7 Å². The van der Waals surface area contributed by atoms with E-state index in [1.807, 2.05) is 0 Å². The minimum Gasteiger partial charge on any atom is -0.335 e. The molecule has 0 saturated heterocycles. The number of alkyl halides is 3. The standard InChI is InChI=1S/C8H3ClF3N2/c9-5-2-7-6(13-3-14-7)1-4(5)8(10,11)12/h1-2H,(H,13,14). The van der Waals surface area contributed by atoms with Crippen molar-refractivity contribution in [2.45, 2.75) is 6.18 Å². The van der Waals surface area contributed by atoms with Gasteiger partial charge in [0.2, 0.25) is 0 Å². The first-order valence-corrected chi connectivity index (χ1v) is 3.99. The number of hydrogen-bond acceptors (Lipinski definition) is 1. The maximum Gasteiger partial charge on any atom is 0.417 e. The first-order chi connectivity index (χ1) is 6.48. The molecule has 0 amide bonds. The summed E-state index contributed by atoms with van der Waals surface area (Å²) in [6.45, 7) is 0. The molecule has 6 heteroatoms. The molecule has 2 aromatic rings. The van der Waals surface area contributed by atoms with Gasteiger partial charge in [0.1, 0.15) is 0 Å². The molecule has 0 aliphatic carbocycles. The quantitative estimate of drug-likeness (QED) is 0.725. The summed E-state index contributed by atoms with van der Waals surface area (Å²) in [6, 6.07) is 2.08. The van der Waals surface area contributed by atoms with Gasteiger partial charge in [-0.15, -0.1) is 0 Å². The minimum atomic E-state index is -4.45. The van der Waals surface area contributed by atoms with Crippen LogP contribution < -0.4 is 0 Å². The van der Waals surface area contributed by atoms with E-state index in [-0.39, 0.29) is 10.5 Å². The van der Waals surface area contributed by atoms with Crippen molar-refractivity contribution in [3.63, 3.8) is 0 Å². The van der Waals surface area contributed by atoms with Gasteiger partial charge in [-0.05, 0) is 12.1 Å². The Bertz CT molecular complexity index is 475. The second-order valence-electron chi connectivity index (χ2n) is 2.70. The van der Waals surface area contributed by atoms with E-state index < -0.39 is 11.7 Å². The zero-order chi connectivity index (χ0) is 10.3. The monoisotopic (exact) mass is 219 g/mol. The maximum absolute atomic E-state index is 12.4. The van der Waals surface area contributed by atoms with Crippen molar-refractivity contribution in [3.05, 3.63) is 29.0 Å². The summed E-state index contributed by atoms with van der Waals surface area (Å²) >= 11 is 5.46. The molecule has 0 atom stereocenters. The zero-order valence-corrected chi connectivity index (χ0v) is 7.37. The van der Waals surface area contributed by atoms with Crippen LogP contribution in [0.5, 0.6) is 0 Å². The van der Waals surface area contributed by atoms with Crippen molar-refractivity contribution in [2.24, 2.45) is 0 Å². The summed E-state index contributed by atoms with van der Waals surface area (Å²) in [5.74, 6) is 0. The first kappa shape index (κ1) is 9.33. The highest BCUT2D eigenvalue weighted by atomic mass is 35.5. The van der Waals surface area contributed by atoms with Crippen molar-refractivity contribution < 1.29 is 13.2 Å². The van der Waals surface area contributed by atoms with Gasteiger partial charge >= 0.3 is 6.18 Å². The van der Waals surface area contributed by atoms with E-state index in [4.69, 9.17) is 11.6 Å². The summed E-state index contributed by atoms with van der Waals surface area (Å²) in [7, 11) is 0. The Hall–Kier alpha value is -1.23. The molecule has 73 valence electrons. The first-order valence-electron chi connectivity index (χ1n) is 3.61. The Morgan fingerprint density at radius 1 is 1.36 bits per heavy atom. The average Bonchev–Trinajstić information content (AvgIpc) is 2.47. The number of benzene rings is 1. The molecule has 0 aliphatic heterocycles. The number of imidazole rings is 1. The number of hydrogen-bond donors (Lipinski definition) is 1. The topological polar surface area (TPSA) is 28.7 Å². The number of aromatic nitrogens is 2. The minimum absolute atomic E-state index is 0.265. The van der Waals surface area contributed by atoms with Crippen LogP contribution in [0.4, 0.5) is 13.2 Å². The highest BCUT2D eigenvalue weighted by Gasteiger charge is 2.33. The van der Waals surface area contributed by atoms with Crippen LogP contribution in [0.3, 0.4) is 0 Å². The smallest absolute Gasteiger partial charge is 0.335 e. The van der Waals surface area contributed by atoms with Crippen LogP contribution in [-0.4, -0.2) is 9.97 Å². The van der Waals surface area contributed by atoms with E-state index in [0.717, 1.165) is 12.1 Å². The molecule has 1 aromatic heterocycles. The third-order valence-corrected chi connectivity index (χ3v) is 2.07. The zero-order valence-electron chi connectivity index (χ0n) is 6.61. The van der Waals surface area contributed by atoms with E-state index in [0.29, 0.717) is 5.52 Å². The molecule has 0 bridgehead atoms. The van der Waals surface area contributed by atoms with Crippen LogP contribution in [-0.2, 0) is 6.18 Å². The fourth-order valence-corrected chi connectivity index (χ4v) is 1.39. The molecule has 0 saturated carbocycles. The third kappa shape index (κ3) is 1.43. The van der Waals surface area contributed by atoms with Crippen LogP contribution in [0, 0.1) is 6.33 Å². The third-order valence-electron chi connectivity index (χ3n) is 1.76. The predicted octanol–water partition coefficient (Wildman–Crippen LogP) is 3.04. The SMILES string of the molecule is FC(F)(F)c1cc2[nH][c]nc2cc1Cl. The molecule has 1 heterocycles. The maximum atomic E-state index is 12.4. The van der Waals surface area contributed by atoms with E-state index in [9.17, 15) is 13.2 Å². The van der Waals surface area contributed by atoms with Crippen LogP contribution in [0.25, 0.3) is 11.0 Å². The normalized spacial score (nSPS) is 12.3. The van der Waals surface area contributed by atoms with Gasteiger partial charge in [-0.25, -0.2) is 4.98 Å². The van der Waals surface area contributed by atoms with Gasteiger partial charge in [0.15, 0.2) is 6.33 Å².